The molecule has 2 aromatic carbocycles. The van der Waals surface area contributed by atoms with Gasteiger partial charge in [-0.25, -0.2) is 0 Å². The number of benzene rings is 2. The van der Waals surface area contributed by atoms with E-state index in [2.05, 4.69) is 10.1 Å². The lowest BCUT2D eigenvalue weighted by Gasteiger charge is -2.17. The third-order valence-corrected chi connectivity index (χ3v) is 4.85. The number of hydrogen-bond donors (Lipinski definition) is 1. The summed E-state index contributed by atoms with van der Waals surface area (Å²) in [6.45, 7) is 2.50. The van der Waals surface area contributed by atoms with Crippen molar-refractivity contribution < 1.29 is 14.0 Å². The second-order valence-corrected chi connectivity index (χ2v) is 6.76. The van der Waals surface area contributed by atoms with Gasteiger partial charge in [0.05, 0.1) is 17.7 Å². The van der Waals surface area contributed by atoms with E-state index in [-0.39, 0.29) is 0 Å². The van der Waals surface area contributed by atoms with Crippen molar-refractivity contribution in [3.05, 3.63) is 54.4 Å². The van der Waals surface area contributed by atoms with Crippen molar-refractivity contribution in [2.24, 2.45) is 5.73 Å². The van der Waals surface area contributed by atoms with Crippen molar-refractivity contribution in [3.63, 3.8) is 0 Å². The zero-order chi connectivity index (χ0) is 18.7. The molecular weight excluding hydrogens is 342 g/mol. The molecule has 6 nitrogen and oxygen atoms in total. The van der Waals surface area contributed by atoms with Crippen LogP contribution in [0, 0.1) is 0 Å². The molecule has 6 heteroatoms. The highest BCUT2D eigenvalue weighted by Gasteiger charge is 2.36. The van der Waals surface area contributed by atoms with Crippen molar-refractivity contribution in [2.75, 3.05) is 6.61 Å². The van der Waals surface area contributed by atoms with Crippen LogP contribution in [-0.2, 0) is 5.54 Å². The number of aromatic nitrogens is 2. The number of nitrogens with two attached hydrogens (primary N) is 1. The molecule has 1 aromatic heterocycles. The van der Waals surface area contributed by atoms with Gasteiger partial charge in [-0.3, -0.25) is 0 Å². The number of para-hydroxylation sites is 3. The molecular formula is C21H23N3O3. The first-order valence-corrected chi connectivity index (χ1v) is 9.32. The molecule has 0 spiro atoms. The molecule has 0 aliphatic heterocycles. The van der Waals surface area contributed by atoms with Crippen LogP contribution in [0.3, 0.4) is 0 Å². The zero-order valence-corrected chi connectivity index (χ0v) is 15.4. The van der Waals surface area contributed by atoms with Gasteiger partial charge in [0.15, 0.2) is 17.3 Å². The van der Waals surface area contributed by atoms with Crippen LogP contribution in [0.2, 0.25) is 0 Å². The molecule has 27 heavy (non-hydrogen) atoms. The quantitative estimate of drug-likeness (QED) is 0.684. The Morgan fingerprint density at radius 2 is 1.67 bits per heavy atom. The molecule has 1 aliphatic rings. The van der Waals surface area contributed by atoms with E-state index in [4.69, 9.17) is 19.7 Å². The predicted molar refractivity (Wildman–Crippen MR) is 102 cm³/mol. The molecule has 140 valence electrons. The molecule has 0 saturated heterocycles. The van der Waals surface area contributed by atoms with E-state index in [9.17, 15) is 0 Å². The van der Waals surface area contributed by atoms with Gasteiger partial charge >= 0.3 is 0 Å². The first-order valence-electron chi connectivity index (χ1n) is 9.32. The van der Waals surface area contributed by atoms with Gasteiger partial charge < -0.3 is 19.7 Å². The van der Waals surface area contributed by atoms with Crippen LogP contribution in [0.1, 0.15) is 38.4 Å². The van der Waals surface area contributed by atoms with Gasteiger partial charge in [-0.1, -0.05) is 42.3 Å². The molecule has 3 aromatic rings. The van der Waals surface area contributed by atoms with E-state index in [1.165, 1.54) is 0 Å². The lowest BCUT2D eigenvalue weighted by atomic mass is 9.99. The maximum atomic E-state index is 6.45. The molecule has 0 radical (unpaired) electrons. The summed E-state index contributed by atoms with van der Waals surface area (Å²) in [4.78, 5) is 4.58. The van der Waals surface area contributed by atoms with Crippen molar-refractivity contribution in [2.45, 2.75) is 38.1 Å². The normalized spacial score (nSPS) is 15.6. The second-order valence-electron chi connectivity index (χ2n) is 6.76. The van der Waals surface area contributed by atoms with Gasteiger partial charge in [0, 0.05) is 0 Å². The average Bonchev–Trinajstić information content (AvgIpc) is 3.34. The molecule has 0 unspecified atom stereocenters. The lowest BCUT2D eigenvalue weighted by Crippen LogP contribution is -2.34. The smallest absolute Gasteiger partial charge is 0.261 e. The van der Waals surface area contributed by atoms with E-state index < -0.39 is 5.54 Å². The largest absolute Gasteiger partial charge is 0.490 e. The fraction of sp³-hybridized carbons (Fsp3) is 0.333. The first kappa shape index (κ1) is 17.5. The fourth-order valence-electron chi connectivity index (χ4n) is 3.42. The van der Waals surface area contributed by atoms with Gasteiger partial charge in [-0.2, -0.15) is 4.98 Å². The van der Waals surface area contributed by atoms with E-state index in [1.807, 2.05) is 55.5 Å². The molecule has 1 heterocycles. The third-order valence-electron chi connectivity index (χ3n) is 4.85. The zero-order valence-electron chi connectivity index (χ0n) is 15.4. The Morgan fingerprint density at radius 3 is 2.41 bits per heavy atom. The maximum Gasteiger partial charge on any atom is 0.261 e. The fourth-order valence-corrected chi connectivity index (χ4v) is 3.42. The van der Waals surface area contributed by atoms with Crippen LogP contribution in [0.25, 0.3) is 11.5 Å². The Morgan fingerprint density at radius 1 is 1.00 bits per heavy atom. The van der Waals surface area contributed by atoms with E-state index in [0.717, 1.165) is 31.2 Å². The SMILES string of the molecule is CCOc1ccccc1Oc1ccccc1-c1nc(C2(N)CCCC2)no1. The minimum Gasteiger partial charge on any atom is -0.490 e. The highest BCUT2D eigenvalue weighted by Crippen LogP contribution is 2.39. The van der Waals surface area contributed by atoms with Crippen LogP contribution >= 0.6 is 0 Å². The van der Waals surface area contributed by atoms with Crippen molar-refractivity contribution in [3.8, 4) is 28.7 Å². The van der Waals surface area contributed by atoms with Crippen LogP contribution in [0.15, 0.2) is 53.1 Å². The van der Waals surface area contributed by atoms with Gasteiger partial charge in [0.1, 0.15) is 5.75 Å². The minimum absolute atomic E-state index is 0.409. The Kier molecular flexibility index (Phi) is 4.81. The van der Waals surface area contributed by atoms with Gasteiger partial charge in [-0.05, 0) is 44.0 Å². The minimum atomic E-state index is -0.487. The van der Waals surface area contributed by atoms with Crippen molar-refractivity contribution in [1.29, 1.82) is 0 Å². The van der Waals surface area contributed by atoms with Crippen molar-refractivity contribution >= 4 is 0 Å². The molecule has 4 rings (SSSR count). The van der Waals surface area contributed by atoms with Crippen molar-refractivity contribution in [1.82, 2.24) is 10.1 Å². The molecule has 1 fully saturated rings. The Hall–Kier alpha value is -2.86. The summed E-state index contributed by atoms with van der Waals surface area (Å²) in [5.74, 6) is 2.92. The molecule has 0 atom stereocenters. The molecule has 0 bridgehead atoms. The summed E-state index contributed by atoms with van der Waals surface area (Å²) in [5, 5.41) is 4.15. The van der Waals surface area contributed by atoms with E-state index in [1.54, 1.807) is 0 Å². The first-order chi connectivity index (χ1) is 13.2. The third kappa shape index (κ3) is 3.53. The van der Waals surface area contributed by atoms with Gasteiger partial charge in [0.2, 0.25) is 0 Å². The number of ether oxygens (including phenoxy) is 2. The maximum absolute atomic E-state index is 6.45. The highest BCUT2D eigenvalue weighted by molar-refractivity contribution is 5.63. The topological polar surface area (TPSA) is 83.4 Å². The predicted octanol–water partition coefficient (Wildman–Crippen LogP) is 4.66. The van der Waals surface area contributed by atoms with Gasteiger partial charge in [-0.15, -0.1) is 0 Å². The monoisotopic (exact) mass is 365 g/mol. The summed E-state index contributed by atoms with van der Waals surface area (Å²) in [6.07, 6.45) is 3.94. The van der Waals surface area contributed by atoms with E-state index >= 15 is 0 Å². The summed E-state index contributed by atoms with van der Waals surface area (Å²) in [5.41, 5.74) is 6.69. The number of nitrogens with zero attached hydrogens (tertiary/aromatic N) is 2. The number of rotatable bonds is 6. The number of hydrogen-bond acceptors (Lipinski definition) is 6. The molecule has 2 N–H and O–H groups in total. The summed E-state index contributed by atoms with van der Waals surface area (Å²) >= 11 is 0. The van der Waals surface area contributed by atoms with Crippen LogP contribution in [0.4, 0.5) is 0 Å². The summed E-state index contributed by atoms with van der Waals surface area (Å²) in [6, 6.07) is 15.2. The Bertz CT molecular complexity index is 916. The van der Waals surface area contributed by atoms with Gasteiger partial charge in [0.25, 0.3) is 5.89 Å². The Balaban J connectivity index is 1.66. The average molecular weight is 365 g/mol. The van der Waals surface area contributed by atoms with E-state index in [0.29, 0.717) is 35.6 Å². The molecule has 1 saturated carbocycles. The summed E-state index contributed by atoms with van der Waals surface area (Å²) < 4.78 is 17.3. The molecule has 1 aliphatic carbocycles. The summed E-state index contributed by atoms with van der Waals surface area (Å²) in [7, 11) is 0. The second kappa shape index (κ2) is 7.40. The molecule has 0 amide bonds. The lowest BCUT2D eigenvalue weighted by molar-refractivity contribution is 0.321. The Labute approximate surface area is 158 Å². The standard InChI is InChI=1S/C21H23N3O3/c1-2-25-17-11-5-6-12-18(17)26-16-10-4-3-9-15(16)19-23-20(24-27-19)21(22)13-7-8-14-21/h3-6,9-12H,2,7-8,13-14,22H2,1H3. The highest BCUT2D eigenvalue weighted by atomic mass is 16.5. The van der Waals surface area contributed by atoms with Crippen LogP contribution in [0.5, 0.6) is 17.2 Å². The van der Waals surface area contributed by atoms with Crippen LogP contribution < -0.4 is 15.2 Å². The van der Waals surface area contributed by atoms with Crippen LogP contribution in [-0.4, -0.2) is 16.7 Å².